The number of carboxylic acid groups (broad SMARTS) is 1. The van der Waals surface area contributed by atoms with Gasteiger partial charge in [-0.25, -0.2) is 4.39 Å². The van der Waals surface area contributed by atoms with Crippen LogP contribution in [0, 0.1) is 17.7 Å². The van der Waals surface area contributed by atoms with E-state index in [1.165, 1.54) is 18.2 Å². The number of carbonyl (C=O) groups excluding carboxylic acids is 2. The molecule has 20 heavy (non-hydrogen) atoms. The van der Waals surface area contributed by atoms with Crippen molar-refractivity contribution in [2.75, 3.05) is 5.32 Å². The van der Waals surface area contributed by atoms with E-state index in [1.807, 2.05) is 0 Å². The van der Waals surface area contributed by atoms with Gasteiger partial charge in [-0.1, -0.05) is 29.8 Å². The first kappa shape index (κ1) is 14.5. The zero-order chi connectivity index (χ0) is 14.7. The molecule has 106 valence electrons. The van der Waals surface area contributed by atoms with Crippen molar-refractivity contribution >= 4 is 29.2 Å². The van der Waals surface area contributed by atoms with Gasteiger partial charge in [0.15, 0.2) is 5.82 Å². The van der Waals surface area contributed by atoms with Crippen molar-refractivity contribution in [1.82, 2.24) is 0 Å². The molecule has 0 saturated heterocycles. The fraction of sp³-hybridized carbons (Fsp3) is 0.286. The first-order chi connectivity index (χ1) is 9.50. The van der Waals surface area contributed by atoms with Crippen molar-refractivity contribution in [2.24, 2.45) is 11.8 Å². The predicted octanol–water partition coefficient (Wildman–Crippen LogP) is 1.75. The van der Waals surface area contributed by atoms with E-state index >= 15 is 0 Å². The van der Waals surface area contributed by atoms with Gasteiger partial charge in [-0.05, 0) is 25.0 Å². The Bertz CT molecular complexity index is 574. The number of amides is 1. The summed E-state index contributed by atoms with van der Waals surface area (Å²) in [5.74, 6) is -4.24. The number of nitrogens with one attached hydrogen (secondary N) is 1. The molecule has 2 rings (SSSR count). The van der Waals surface area contributed by atoms with Crippen molar-refractivity contribution in [2.45, 2.75) is 12.8 Å². The van der Waals surface area contributed by atoms with Gasteiger partial charge in [0.05, 0.1) is 16.6 Å². The summed E-state index contributed by atoms with van der Waals surface area (Å²) in [5.41, 5.74) is -0.0610. The van der Waals surface area contributed by atoms with E-state index in [0.717, 1.165) is 0 Å². The molecule has 1 aliphatic carbocycles. The number of rotatable bonds is 3. The number of anilines is 1. The van der Waals surface area contributed by atoms with Gasteiger partial charge in [-0.2, -0.15) is 0 Å². The highest BCUT2D eigenvalue weighted by molar-refractivity contribution is 6.31. The van der Waals surface area contributed by atoms with E-state index in [1.54, 1.807) is 12.2 Å². The van der Waals surface area contributed by atoms with Crippen molar-refractivity contribution < 1.29 is 19.1 Å². The minimum Gasteiger partial charge on any atom is -0.550 e. The summed E-state index contributed by atoms with van der Waals surface area (Å²) < 4.78 is 13.7. The molecule has 0 saturated carbocycles. The molecule has 0 spiro atoms. The Kier molecular flexibility index (Phi) is 4.39. The van der Waals surface area contributed by atoms with Crippen LogP contribution in [0.3, 0.4) is 0 Å². The summed E-state index contributed by atoms with van der Waals surface area (Å²) in [6.45, 7) is 0. The molecule has 1 amide bonds. The second-order valence-corrected chi connectivity index (χ2v) is 4.97. The molecule has 2 atom stereocenters. The van der Waals surface area contributed by atoms with Gasteiger partial charge >= 0.3 is 0 Å². The Labute approximate surface area is 120 Å². The van der Waals surface area contributed by atoms with E-state index in [4.69, 9.17) is 11.6 Å². The molecule has 1 N–H and O–H groups in total. The fourth-order valence-electron chi connectivity index (χ4n) is 2.19. The number of benzene rings is 1. The topological polar surface area (TPSA) is 69.2 Å². The molecule has 0 fully saturated rings. The van der Waals surface area contributed by atoms with Crippen LogP contribution in [0.5, 0.6) is 0 Å². The van der Waals surface area contributed by atoms with E-state index in [0.29, 0.717) is 0 Å². The average Bonchev–Trinajstić information content (AvgIpc) is 2.43. The summed E-state index contributed by atoms with van der Waals surface area (Å²) in [4.78, 5) is 23.1. The van der Waals surface area contributed by atoms with Crippen molar-refractivity contribution in [3.63, 3.8) is 0 Å². The minimum absolute atomic E-state index is 0.0610. The third kappa shape index (κ3) is 2.99. The highest BCUT2D eigenvalue weighted by atomic mass is 35.5. The lowest BCUT2D eigenvalue weighted by Crippen LogP contribution is -2.41. The Morgan fingerprint density at radius 2 is 1.90 bits per heavy atom. The molecule has 0 aromatic heterocycles. The van der Waals surface area contributed by atoms with Crippen LogP contribution in [0.1, 0.15) is 12.8 Å². The molecular weight excluding hydrogens is 285 g/mol. The second kappa shape index (κ2) is 6.05. The van der Waals surface area contributed by atoms with Crippen LogP contribution in [0.25, 0.3) is 0 Å². The standard InChI is InChI=1S/C14H13ClFNO3/c15-10-6-3-7-11(12(10)16)17-13(18)8-4-1-2-5-9(8)14(19)20/h1-3,6-9H,4-5H2,(H,17,18)(H,19,20)/p-1/t8-,9-/m0/s1. The molecule has 1 aliphatic rings. The third-order valence-corrected chi connectivity index (χ3v) is 3.57. The first-order valence-corrected chi connectivity index (χ1v) is 6.49. The maximum atomic E-state index is 13.7. The summed E-state index contributed by atoms with van der Waals surface area (Å²) in [6.07, 6.45) is 3.95. The van der Waals surface area contributed by atoms with Crippen LogP contribution >= 0.6 is 11.6 Å². The van der Waals surface area contributed by atoms with E-state index in [2.05, 4.69) is 5.32 Å². The van der Waals surface area contributed by atoms with Gasteiger partial charge < -0.3 is 15.2 Å². The molecular formula is C14H12ClFNO3-. The molecule has 0 unspecified atom stereocenters. The number of aliphatic carboxylic acids is 1. The van der Waals surface area contributed by atoms with Gasteiger partial charge in [0.2, 0.25) is 5.91 Å². The lowest BCUT2D eigenvalue weighted by Gasteiger charge is -2.28. The molecule has 4 nitrogen and oxygen atoms in total. The summed E-state index contributed by atoms with van der Waals surface area (Å²) in [6, 6.07) is 4.23. The molecule has 0 aliphatic heterocycles. The number of carbonyl (C=O) groups is 2. The second-order valence-electron chi connectivity index (χ2n) is 4.57. The van der Waals surface area contributed by atoms with Crippen molar-refractivity contribution in [3.8, 4) is 0 Å². The smallest absolute Gasteiger partial charge is 0.228 e. The highest BCUT2D eigenvalue weighted by Crippen LogP contribution is 2.28. The number of hydrogen-bond donors (Lipinski definition) is 1. The maximum Gasteiger partial charge on any atom is 0.228 e. The van der Waals surface area contributed by atoms with Crippen molar-refractivity contribution in [1.29, 1.82) is 0 Å². The van der Waals surface area contributed by atoms with Crippen molar-refractivity contribution in [3.05, 3.63) is 41.2 Å². The number of hydrogen-bond acceptors (Lipinski definition) is 3. The Hall–Kier alpha value is -1.88. The van der Waals surface area contributed by atoms with E-state index in [9.17, 15) is 19.1 Å². The van der Waals surface area contributed by atoms with Gasteiger partial charge in [-0.15, -0.1) is 0 Å². The summed E-state index contributed by atoms with van der Waals surface area (Å²) >= 11 is 5.62. The number of halogens is 2. The SMILES string of the molecule is O=C([O-])[C@H]1CC=CC[C@@H]1C(=O)Nc1cccc(Cl)c1F. The third-order valence-electron chi connectivity index (χ3n) is 3.28. The van der Waals surface area contributed by atoms with Crippen LogP contribution in [-0.2, 0) is 9.59 Å². The van der Waals surface area contributed by atoms with Gasteiger partial charge in [-0.3, -0.25) is 4.79 Å². The normalized spacial score (nSPS) is 21.5. The van der Waals surface area contributed by atoms with Crippen LogP contribution < -0.4 is 10.4 Å². The highest BCUT2D eigenvalue weighted by Gasteiger charge is 2.30. The Morgan fingerprint density at radius 1 is 1.25 bits per heavy atom. The van der Waals surface area contributed by atoms with E-state index < -0.39 is 29.5 Å². The number of carboxylic acids is 1. The van der Waals surface area contributed by atoms with Crippen LogP contribution in [-0.4, -0.2) is 11.9 Å². The summed E-state index contributed by atoms with van der Waals surface area (Å²) in [5, 5.41) is 13.3. The molecule has 6 heteroatoms. The summed E-state index contributed by atoms with van der Waals surface area (Å²) in [7, 11) is 0. The first-order valence-electron chi connectivity index (χ1n) is 6.11. The quantitative estimate of drug-likeness (QED) is 0.864. The Morgan fingerprint density at radius 3 is 2.55 bits per heavy atom. The molecule has 0 bridgehead atoms. The van der Waals surface area contributed by atoms with Gasteiger partial charge in [0.25, 0.3) is 0 Å². The van der Waals surface area contributed by atoms with Crippen LogP contribution in [0.4, 0.5) is 10.1 Å². The maximum absolute atomic E-state index is 13.7. The van der Waals surface area contributed by atoms with Crippen LogP contribution in [0.2, 0.25) is 5.02 Å². The van der Waals surface area contributed by atoms with Crippen LogP contribution in [0.15, 0.2) is 30.4 Å². The lowest BCUT2D eigenvalue weighted by atomic mass is 9.82. The largest absolute Gasteiger partial charge is 0.550 e. The van der Waals surface area contributed by atoms with Gasteiger partial charge in [0, 0.05) is 11.9 Å². The molecule has 0 radical (unpaired) electrons. The lowest BCUT2D eigenvalue weighted by molar-refractivity contribution is -0.313. The monoisotopic (exact) mass is 296 g/mol. The fourth-order valence-corrected chi connectivity index (χ4v) is 2.36. The van der Waals surface area contributed by atoms with Gasteiger partial charge in [0.1, 0.15) is 0 Å². The molecule has 1 aromatic rings. The number of allylic oxidation sites excluding steroid dienone is 2. The molecule has 0 heterocycles. The zero-order valence-electron chi connectivity index (χ0n) is 10.4. The minimum atomic E-state index is -1.28. The molecule has 1 aromatic carbocycles. The predicted molar refractivity (Wildman–Crippen MR) is 70.4 cm³/mol. The average molecular weight is 297 g/mol. The Balaban J connectivity index is 2.17. The van der Waals surface area contributed by atoms with E-state index in [-0.39, 0.29) is 23.6 Å². The zero-order valence-corrected chi connectivity index (χ0v) is 11.2.